The third-order valence-corrected chi connectivity index (χ3v) is 3.19. The van der Waals surface area contributed by atoms with Crippen LogP contribution in [-0.4, -0.2) is 26.5 Å². The number of methoxy groups -OCH3 is 1. The Labute approximate surface area is 127 Å². The van der Waals surface area contributed by atoms with E-state index in [-0.39, 0.29) is 11.5 Å². The van der Waals surface area contributed by atoms with E-state index in [0.717, 1.165) is 12.7 Å². The normalized spacial score (nSPS) is 11.9. The summed E-state index contributed by atoms with van der Waals surface area (Å²) in [5.41, 5.74) is 0.0490. The maximum atomic E-state index is 13.9. The van der Waals surface area contributed by atoms with Crippen LogP contribution in [0.15, 0.2) is 24.5 Å². The number of ether oxygens (including phenoxy) is 1. The summed E-state index contributed by atoms with van der Waals surface area (Å²) in [7, 11) is 0.986. The smallest absolute Gasteiger partial charge is 0.426 e. The van der Waals surface area contributed by atoms with Crippen molar-refractivity contribution in [2.45, 2.75) is 13.1 Å². The highest BCUT2D eigenvalue weighted by atomic mass is 19.4. The first-order chi connectivity index (χ1) is 10.8. The molecule has 3 rings (SSSR count). The van der Waals surface area contributed by atoms with Crippen molar-refractivity contribution >= 4 is 5.65 Å². The van der Waals surface area contributed by atoms with Crippen molar-refractivity contribution in [3.63, 3.8) is 0 Å². The average Bonchev–Trinajstić information content (AvgIpc) is 2.87. The second-order valence-corrected chi connectivity index (χ2v) is 4.80. The van der Waals surface area contributed by atoms with Crippen molar-refractivity contribution in [3.05, 3.63) is 41.6 Å². The van der Waals surface area contributed by atoms with Gasteiger partial charge < -0.3 is 4.74 Å². The topological polar surface area (TPSA) is 52.3 Å². The fraction of sp³-hybridized carbons (Fsp3) is 0.214. The molecule has 3 heterocycles. The summed E-state index contributed by atoms with van der Waals surface area (Å²) < 4.78 is 58.6. The molecule has 0 aliphatic carbocycles. The fourth-order valence-corrected chi connectivity index (χ4v) is 2.17. The molecule has 0 atom stereocenters. The van der Waals surface area contributed by atoms with E-state index >= 15 is 0 Å². The highest BCUT2D eigenvalue weighted by molar-refractivity contribution is 5.58. The van der Waals surface area contributed by atoms with Crippen molar-refractivity contribution in [2.75, 3.05) is 7.11 Å². The van der Waals surface area contributed by atoms with Crippen LogP contribution >= 0.6 is 0 Å². The molecular formula is C14H10F4N4O. The van der Waals surface area contributed by atoms with Gasteiger partial charge in [-0.25, -0.2) is 4.98 Å². The van der Waals surface area contributed by atoms with Gasteiger partial charge in [-0.2, -0.15) is 27.5 Å². The fourth-order valence-electron chi connectivity index (χ4n) is 2.17. The zero-order valence-corrected chi connectivity index (χ0v) is 12.0. The van der Waals surface area contributed by atoms with E-state index in [1.54, 1.807) is 16.7 Å². The first kappa shape index (κ1) is 15.2. The molecule has 0 aliphatic rings. The number of hydrogen-bond acceptors (Lipinski definition) is 4. The molecule has 0 bridgehead atoms. The number of imidazole rings is 1. The third-order valence-electron chi connectivity index (χ3n) is 3.19. The molecule has 3 aromatic heterocycles. The maximum absolute atomic E-state index is 13.9. The van der Waals surface area contributed by atoms with Gasteiger partial charge in [0.2, 0.25) is 11.8 Å². The van der Waals surface area contributed by atoms with Crippen LogP contribution in [0.5, 0.6) is 5.88 Å². The molecule has 23 heavy (non-hydrogen) atoms. The standard InChI is InChI=1S/C14H10F4N4O/c1-7-3-4-9-19-5-8(22(9)6-7)12-20-11(15)10(14(16,17)18)13(21-12)23-2/h3-6H,1-2H3. The Morgan fingerprint density at radius 2 is 1.91 bits per heavy atom. The van der Waals surface area contributed by atoms with Gasteiger partial charge in [-0.15, -0.1) is 0 Å². The maximum Gasteiger partial charge on any atom is 0.426 e. The number of pyridine rings is 1. The van der Waals surface area contributed by atoms with E-state index in [0.29, 0.717) is 5.65 Å². The quantitative estimate of drug-likeness (QED) is 0.536. The predicted molar refractivity (Wildman–Crippen MR) is 72.5 cm³/mol. The largest absolute Gasteiger partial charge is 0.480 e. The molecule has 9 heteroatoms. The van der Waals surface area contributed by atoms with Gasteiger partial charge in [-0.1, -0.05) is 6.07 Å². The van der Waals surface area contributed by atoms with Crippen LogP contribution in [0, 0.1) is 12.9 Å². The Balaban J connectivity index is 2.24. The minimum absolute atomic E-state index is 0.245. The Kier molecular flexibility index (Phi) is 3.42. The Bertz CT molecular complexity index is 888. The first-order valence-electron chi connectivity index (χ1n) is 6.44. The van der Waals surface area contributed by atoms with Crippen molar-refractivity contribution in [1.29, 1.82) is 0 Å². The van der Waals surface area contributed by atoms with Gasteiger partial charge in [-0.05, 0) is 18.6 Å². The Hall–Kier alpha value is -2.71. The molecule has 3 aromatic rings. The molecule has 0 aliphatic heterocycles. The van der Waals surface area contributed by atoms with Crippen LogP contribution in [-0.2, 0) is 6.18 Å². The molecule has 0 saturated heterocycles. The number of halogens is 4. The van der Waals surface area contributed by atoms with Crippen LogP contribution in [0.4, 0.5) is 17.6 Å². The molecule has 0 fully saturated rings. The molecule has 0 N–H and O–H groups in total. The summed E-state index contributed by atoms with van der Waals surface area (Å²) in [6, 6.07) is 3.54. The van der Waals surface area contributed by atoms with E-state index in [1.165, 1.54) is 6.20 Å². The number of nitrogens with zero attached hydrogens (tertiary/aromatic N) is 4. The van der Waals surface area contributed by atoms with Crippen LogP contribution in [0.25, 0.3) is 17.2 Å². The molecule has 5 nitrogen and oxygen atoms in total. The number of rotatable bonds is 2. The van der Waals surface area contributed by atoms with E-state index in [9.17, 15) is 17.6 Å². The zero-order chi connectivity index (χ0) is 16.8. The van der Waals surface area contributed by atoms with Crippen molar-refractivity contribution in [1.82, 2.24) is 19.4 Å². The average molecular weight is 326 g/mol. The van der Waals surface area contributed by atoms with Gasteiger partial charge in [0, 0.05) is 6.20 Å². The minimum atomic E-state index is -4.95. The summed E-state index contributed by atoms with van der Waals surface area (Å²) in [6.45, 7) is 1.83. The van der Waals surface area contributed by atoms with E-state index in [2.05, 4.69) is 19.7 Å². The van der Waals surface area contributed by atoms with Crippen molar-refractivity contribution in [2.24, 2.45) is 0 Å². The highest BCUT2D eigenvalue weighted by Crippen LogP contribution is 2.37. The summed E-state index contributed by atoms with van der Waals surface area (Å²) in [6.07, 6.45) is -1.90. The summed E-state index contributed by atoms with van der Waals surface area (Å²) in [4.78, 5) is 11.1. The van der Waals surface area contributed by atoms with Crippen molar-refractivity contribution in [3.8, 4) is 17.4 Å². The van der Waals surface area contributed by atoms with Gasteiger partial charge in [-0.3, -0.25) is 4.40 Å². The molecule has 0 unspecified atom stereocenters. The molecule has 0 aromatic carbocycles. The lowest BCUT2D eigenvalue weighted by Crippen LogP contribution is -2.14. The second kappa shape index (κ2) is 5.18. The number of aryl methyl sites for hydroxylation is 1. The lowest BCUT2D eigenvalue weighted by molar-refractivity contribution is -0.142. The second-order valence-electron chi connectivity index (χ2n) is 4.80. The SMILES string of the molecule is COc1nc(-c2cnc3ccc(C)cn23)nc(F)c1C(F)(F)F. The van der Waals surface area contributed by atoms with Gasteiger partial charge in [0.05, 0.1) is 13.3 Å². The van der Waals surface area contributed by atoms with E-state index < -0.39 is 23.6 Å². The molecular weight excluding hydrogens is 316 g/mol. The Morgan fingerprint density at radius 1 is 1.17 bits per heavy atom. The molecule has 0 spiro atoms. The number of alkyl halides is 3. The summed E-state index contributed by atoms with van der Waals surface area (Å²) >= 11 is 0. The number of hydrogen-bond donors (Lipinski definition) is 0. The number of fused-ring (bicyclic) bond motifs is 1. The van der Waals surface area contributed by atoms with E-state index in [1.807, 2.05) is 13.0 Å². The third kappa shape index (κ3) is 2.58. The van der Waals surface area contributed by atoms with Gasteiger partial charge in [0.25, 0.3) is 0 Å². The van der Waals surface area contributed by atoms with Gasteiger partial charge >= 0.3 is 6.18 Å². The van der Waals surface area contributed by atoms with Crippen molar-refractivity contribution < 1.29 is 22.3 Å². The van der Waals surface area contributed by atoms with Crippen LogP contribution in [0.1, 0.15) is 11.1 Å². The lowest BCUT2D eigenvalue weighted by Gasteiger charge is -2.12. The van der Waals surface area contributed by atoms with Crippen LogP contribution < -0.4 is 4.74 Å². The summed E-state index contributed by atoms with van der Waals surface area (Å²) in [5.74, 6) is -2.81. The molecule has 0 amide bonds. The zero-order valence-electron chi connectivity index (χ0n) is 12.0. The summed E-state index contributed by atoms with van der Waals surface area (Å²) in [5, 5.41) is 0. The Morgan fingerprint density at radius 3 is 2.57 bits per heavy atom. The van der Waals surface area contributed by atoms with E-state index in [4.69, 9.17) is 0 Å². The molecule has 0 saturated carbocycles. The predicted octanol–water partition coefficient (Wildman–Crippen LogP) is 3.27. The number of aromatic nitrogens is 4. The first-order valence-corrected chi connectivity index (χ1v) is 6.44. The lowest BCUT2D eigenvalue weighted by atomic mass is 10.3. The minimum Gasteiger partial charge on any atom is -0.480 e. The molecule has 0 radical (unpaired) electrons. The monoisotopic (exact) mass is 326 g/mol. The molecule has 120 valence electrons. The van der Waals surface area contributed by atoms with Gasteiger partial charge in [0.15, 0.2) is 11.4 Å². The van der Waals surface area contributed by atoms with Crippen LogP contribution in [0.2, 0.25) is 0 Å². The van der Waals surface area contributed by atoms with Gasteiger partial charge in [0.1, 0.15) is 11.3 Å². The van der Waals surface area contributed by atoms with Crippen LogP contribution in [0.3, 0.4) is 0 Å². The highest BCUT2D eigenvalue weighted by Gasteiger charge is 2.40.